The van der Waals surface area contributed by atoms with E-state index in [1.807, 2.05) is 48.5 Å². The fourth-order valence-corrected chi connectivity index (χ4v) is 2.72. The minimum absolute atomic E-state index is 0.295. The molecule has 2 aromatic rings. The zero-order valence-corrected chi connectivity index (χ0v) is 13.6. The highest BCUT2D eigenvalue weighted by molar-refractivity contribution is 7.99. The maximum Gasteiger partial charge on any atom is 0.313 e. The highest BCUT2D eigenvalue weighted by Gasteiger charge is 2.15. The van der Waals surface area contributed by atoms with Gasteiger partial charge in [-0.2, -0.15) is 0 Å². The molecule has 23 heavy (non-hydrogen) atoms. The highest BCUT2D eigenvalue weighted by Crippen LogP contribution is 2.33. The fourth-order valence-electron chi connectivity index (χ4n) is 1.80. The number of hydrogen-bond acceptors (Lipinski definition) is 4. The van der Waals surface area contributed by atoms with Gasteiger partial charge in [-0.1, -0.05) is 42.1 Å². The molecule has 0 aliphatic heterocycles. The monoisotopic (exact) mass is 330 g/mol. The number of ether oxygens (including phenoxy) is 1. The Morgan fingerprint density at radius 1 is 1.00 bits per heavy atom. The number of carbonyl (C=O) groups excluding carboxylic acids is 2. The molecular weight excluding hydrogens is 312 g/mol. The molecule has 2 aromatic carbocycles. The molecule has 2 N–H and O–H groups in total. The molecule has 6 heteroatoms. The molecule has 0 radical (unpaired) electrons. The third-order valence-electron chi connectivity index (χ3n) is 2.90. The van der Waals surface area contributed by atoms with Gasteiger partial charge in [0.2, 0.25) is 0 Å². The number of nitrogens with one attached hydrogen (secondary N) is 2. The summed E-state index contributed by atoms with van der Waals surface area (Å²) < 4.78 is 4.83. The number of benzene rings is 2. The minimum Gasteiger partial charge on any atom is -0.383 e. The van der Waals surface area contributed by atoms with Gasteiger partial charge in [0.15, 0.2) is 0 Å². The van der Waals surface area contributed by atoms with E-state index in [0.717, 1.165) is 9.79 Å². The van der Waals surface area contributed by atoms with E-state index < -0.39 is 11.8 Å². The Bertz CT molecular complexity index is 662. The molecule has 0 bridgehead atoms. The van der Waals surface area contributed by atoms with Crippen LogP contribution in [-0.4, -0.2) is 32.1 Å². The quantitative estimate of drug-likeness (QED) is 0.631. The number of carbonyl (C=O) groups is 2. The van der Waals surface area contributed by atoms with Crippen LogP contribution in [0.4, 0.5) is 5.69 Å². The van der Waals surface area contributed by atoms with Crippen molar-refractivity contribution in [1.82, 2.24) is 5.32 Å². The summed E-state index contributed by atoms with van der Waals surface area (Å²) in [7, 11) is 1.53. The van der Waals surface area contributed by atoms with Crippen molar-refractivity contribution in [1.29, 1.82) is 0 Å². The fraction of sp³-hybridized carbons (Fsp3) is 0.176. The lowest BCUT2D eigenvalue weighted by Gasteiger charge is -2.10. The second-order valence-electron chi connectivity index (χ2n) is 4.61. The maximum absolute atomic E-state index is 11.9. The molecule has 0 atom stereocenters. The van der Waals surface area contributed by atoms with E-state index >= 15 is 0 Å². The summed E-state index contributed by atoms with van der Waals surface area (Å²) in [5.74, 6) is -1.37. The lowest BCUT2D eigenvalue weighted by atomic mass is 10.3. The van der Waals surface area contributed by atoms with E-state index in [4.69, 9.17) is 4.74 Å². The van der Waals surface area contributed by atoms with Crippen LogP contribution in [0.15, 0.2) is 64.4 Å². The predicted molar refractivity (Wildman–Crippen MR) is 90.5 cm³/mol. The summed E-state index contributed by atoms with van der Waals surface area (Å²) in [5.41, 5.74) is 0.605. The van der Waals surface area contributed by atoms with E-state index in [1.54, 1.807) is 6.07 Å². The van der Waals surface area contributed by atoms with Crippen molar-refractivity contribution in [2.45, 2.75) is 9.79 Å². The third kappa shape index (κ3) is 5.43. The lowest BCUT2D eigenvalue weighted by molar-refractivity contribution is -0.136. The largest absolute Gasteiger partial charge is 0.383 e. The van der Waals surface area contributed by atoms with Crippen molar-refractivity contribution in [3.05, 3.63) is 54.6 Å². The number of hydrogen-bond donors (Lipinski definition) is 2. The van der Waals surface area contributed by atoms with Crippen molar-refractivity contribution in [3.63, 3.8) is 0 Å². The number of anilines is 1. The zero-order valence-electron chi connectivity index (χ0n) is 12.7. The van der Waals surface area contributed by atoms with Crippen LogP contribution in [0, 0.1) is 0 Å². The van der Waals surface area contributed by atoms with E-state index in [0.29, 0.717) is 18.8 Å². The Morgan fingerprint density at radius 3 is 2.43 bits per heavy atom. The van der Waals surface area contributed by atoms with Crippen molar-refractivity contribution in [2.75, 3.05) is 25.6 Å². The number of para-hydroxylation sites is 1. The molecule has 0 fully saturated rings. The maximum atomic E-state index is 11.9. The molecule has 120 valence electrons. The van der Waals surface area contributed by atoms with Crippen LogP contribution < -0.4 is 10.6 Å². The average Bonchev–Trinajstić information content (AvgIpc) is 2.57. The van der Waals surface area contributed by atoms with Crippen molar-refractivity contribution >= 4 is 29.3 Å². The second-order valence-corrected chi connectivity index (χ2v) is 5.73. The molecule has 5 nitrogen and oxygen atoms in total. The third-order valence-corrected chi connectivity index (χ3v) is 3.99. The van der Waals surface area contributed by atoms with Crippen molar-refractivity contribution < 1.29 is 14.3 Å². The van der Waals surface area contributed by atoms with E-state index in [-0.39, 0.29) is 0 Å². The summed E-state index contributed by atoms with van der Waals surface area (Å²) in [4.78, 5) is 25.6. The smallest absolute Gasteiger partial charge is 0.313 e. The van der Waals surface area contributed by atoms with Crippen molar-refractivity contribution in [3.8, 4) is 0 Å². The van der Waals surface area contributed by atoms with Crippen LogP contribution >= 0.6 is 11.8 Å². The molecule has 0 heterocycles. The Morgan fingerprint density at radius 2 is 1.70 bits per heavy atom. The summed E-state index contributed by atoms with van der Waals surface area (Å²) in [6, 6.07) is 17.2. The molecule has 0 saturated heterocycles. The first-order valence-corrected chi connectivity index (χ1v) is 7.92. The van der Waals surface area contributed by atoms with Crippen LogP contribution in [0.1, 0.15) is 0 Å². The highest BCUT2D eigenvalue weighted by atomic mass is 32.2. The van der Waals surface area contributed by atoms with E-state index in [1.165, 1.54) is 18.9 Å². The Hall–Kier alpha value is -2.31. The molecule has 0 unspecified atom stereocenters. The van der Waals surface area contributed by atoms with Gasteiger partial charge in [0.25, 0.3) is 0 Å². The predicted octanol–water partition coefficient (Wildman–Crippen LogP) is 2.54. The molecule has 0 aromatic heterocycles. The van der Waals surface area contributed by atoms with Crippen LogP contribution in [0.2, 0.25) is 0 Å². The van der Waals surface area contributed by atoms with Gasteiger partial charge in [0.1, 0.15) is 0 Å². The topological polar surface area (TPSA) is 67.4 Å². The van der Waals surface area contributed by atoms with Crippen LogP contribution in [0.3, 0.4) is 0 Å². The van der Waals surface area contributed by atoms with Gasteiger partial charge in [0, 0.05) is 23.4 Å². The first kappa shape index (κ1) is 17.1. The second kappa shape index (κ2) is 8.97. The number of amides is 2. The van der Waals surface area contributed by atoms with E-state index in [9.17, 15) is 9.59 Å². The van der Waals surface area contributed by atoms with E-state index in [2.05, 4.69) is 10.6 Å². The first-order valence-electron chi connectivity index (χ1n) is 7.11. The van der Waals surface area contributed by atoms with Gasteiger partial charge in [-0.25, -0.2) is 0 Å². The summed E-state index contributed by atoms with van der Waals surface area (Å²) in [5, 5.41) is 5.13. The molecule has 2 rings (SSSR count). The summed E-state index contributed by atoms with van der Waals surface area (Å²) in [6.45, 7) is 0.655. The molecule has 0 saturated carbocycles. The Kier molecular flexibility index (Phi) is 6.65. The van der Waals surface area contributed by atoms with Gasteiger partial charge in [0.05, 0.1) is 12.3 Å². The number of methoxy groups -OCH3 is 1. The molecule has 0 spiro atoms. The van der Waals surface area contributed by atoms with Gasteiger partial charge in [-0.3, -0.25) is 9.59 Å². The Balaban J connectivity index is 2.02. The lowest BCUT2D eigenvalue weighted by Crippen LogP contribution is -2.37. The summed E-state index contributed by atoms with van der Waals surface area (Å²) >= 11 is 1.52. The number of rotatable bonds is 6. The average molecular weight is 330 g/mol. The molecule has 0 aliphatic carbocycles. The zero-order chi connectivity index (χ0) is 16.5. The van der Waals surface area contributed by atoms with Gasteiger partial charge >= 0.3 is 11.8 Å². The van der Waals surface area contributed by atoms with Gasteiger partial charge < -0.3 is 15.4 Å². The normalized spacial score (nSPS) is 10.1. The van der Waals surface area contributed by atoms with Crippen LogP contribution in [0.5, 0.6) is 0 Å². The van der Waals surface area contributed by atoms with Gasteiger partial charge in [-0.15, -0.1) is 0 Å². The molecular formula is C17H18N2O3S. The standard InChI is InChI=1S/C17H18N2O3S/c1-22-12-11-18-16(20)17(21)19-14-9-5-6-10-15(14)23-13-7-3-2-4-8-13/h2-10H,11-12H2,1H3,(H,18,20)(H,19,21). The van der Waals surface area contributed by atoms with Crippen LogP contribution in [0.25, 0.3) is 0 Å². The summed E-state index contributed by atoms with van der Waals surface area (Å²) in [6.07, 6.45) is 0. The molecule has 0 aliphatic rings. The first-order chi connectivity index (χ1) is 11.2. The Labute approximate surface area is 139 Å². The van der Waals surface area contributed by atoms with Crippen LogP contribution in [-0.2, 0) is 14.3 Å². The van der Waals surface area contributed by atoms with Crippen molar-refractivity contribution in [2.24, 2.45) is 0 Å². The van der Waals surface area contributed by atoms with Gasteiger partial charge in [-0.05, 0) is 24.3 Å². The minimum atomic E-state index is -0.692. The SMILES string of the molecule is COCCNC(=O)C(=O)Nc1ccccc1Sc1ccccc1. The molecule has 2 amide bonds.